The largest absolute Gasteiger partial charge is 0.345 e. The number of benzene rings is 1. The zero-order valence-electron chi connectivity index (χ0n) is 20.8. The summed E-state index contributed by atoms with van der Waals surface area (Å²) in [6.07, 6.45) is -0.483. The molecule has 1 aromatic carbocycles. The normalized spacial score (nSPS) is 22.7. The predicted octanol–water partition coefficient (Wildman–Crippen LogP) is 3.28. The fraction of sp³-hybridized carbons (Fsp3) is 0.577. The Bertz CT molecular complexity index is 1060. The molecule has 3 rings (SSSR count). The number of hydrogen-bond acceptors (Lipinski definition) is 4. The van der Waals surface area contributed by atoms with Gasteiger partial charge in [-0.25, -0.2) is 6.57 Å². The molecule has 8 heteroatoms. The van der Waals surface area contributed by atoms with Crippen molar-refractivity contribution in [1.29, 1.82) is 0 Å². The number of nitrogens with one attached hydrogen (secondary N) is 2. The monoisotopic (exact) mass is 466 g/mol. The number of para-hydroxylation sites is 1. The van der Waals surface area contributed by atoms with E-state index in [1.54, 1.807) is 20.8 Å². The number of carbonyl (C=O) groups excluding carboxylic acids is 4. The van der Waals surface area contributed by atoms with Crippen LogP contribution in [0.5, 0.6) is 0 Å². The van der Waals surface area contributed by atoms with Crippen LogP contribution >= 0.6 is 0 Å². The van der Waals surface area contributed by atoms with Gasteiger partial charge in [0.25, 0.3) is 5.91 Å². The Labute approximate surface area is 201 Å². The van der Waals surface area contributed by atoms with E-state index in [4.69, 9.17) is 6.57 Å². The van der Waals surface area contributed by atoms with E-state index in [1.807, 2.05) is 45.0 Å². The standard InChI is InChI=1S/C26H34N4O4/c1-24(2,3)13-16(12-19(31)21(32)29-25(4,5)6)22(33)30-15-26(14-20(30)27-7)17-10-8-9-11-18(17)28-23(26)34/h8-11,16,20H,12-15H2,1-6H3,(H,28,34)(H,29,32)/t16-,20-,26-/m0/s1. The summed E-state index contributed by atoms with van der Waals surface area (Å²) in [5, 5.41) is 5.54. The summed E-state index contributed by atoms with van der Waals surface area (Å²) in [4.78, 5) is 57.1. The Balaban J connectivity index is 1.88. The molecular weight excluding hydrogens is 432 g/mol. The number of ketones is 1. The van der Waals surface area contributed by atoms with Crippen molar-refractivity contribution in [3.8, 4) is 0 Å². The van der Waals surface area contributed by atoms with Gasteiger partial charge < -0.3 is 10.6 Å². The van der Waals surface area contributed by atoms with Crippen LogP contribution < -0.4 is 10.6 Å². The second kappa shape index (κ2) is 8.86. The molecule has 0 aromatic heterocycles. The first-order chi connectivity index (χ1) is 15.7. The average molecular weight is 467 g/mol. The van der Waals surface area contributed by atoms with Crippen LogP contribution in [0, 0.1) is 17.9 Å². The summed E-state index contributed by atoms with van der Waals surface area (Å²) in [7, 11) is 0. The van der Waals surface area contributed by atoms with Crippen LogP contribution in [0.15, 0.2) is 24.3 Å². The summed E-state index contributed by atoms with van der Waals surface area (Å²) in [6.45, 7) is 19.0. The molecule has 0 bridgehead atoms. The molecule has 3 amide bonds. The van der Waals surface area contributed by atoms with Gasteiger partial charge in [0.2, 0.25) is 17.6 Å². The maximum absolute atomic E-state index is 13.8. The topological polar surface area (TPSA) is 99.9 Å². The molecule has 2 heterocycles. The van der Waals surface area contributed by atoms with Gasteiger partial charge in [-0.1, -0.05) is 39.0 Å². The maximum Gasteiger partial charge on any atom is 0.302 e. The zero-order chi connectivity index (χ0) is 25.5. The van der Waals surface area contributed by atoms with Gasteiger partial charge in [0.1, 0.15) is 5.41 Å². The smallest absolute Gasteiger partial charge is 0.302 e. The molecule has 34 heavy (non-hydrogen) atoms. The molecule has 0 aliphatic carbocycles. The zero-order valence-corrected chi connectivity index (χ0v) is 20.8. The quantitative estimate of drug-likeness (QED) is 0.514. The molecule has 1 fully saturated rings. The Morgan fingerprint density at radius 1 is 1.21 bits per heavy atom. The molecule has 0 saturated carbocycles. The van der Waals surface area contributed by atoms with Gasteiger partial charge in [-0.05, 0) is 44.2 Å². The highest BCUT2D eigenvalue weighted by molar-refractivity contribution is 6.36. The van der Waals surface area contributed by atoms with Crippen LogP contribution in [-0.4, -0.2) is 46.7 Å². The van der Waals surface area contributed by atoms with Gasteiger partial charge in [0.05, 0.1) is 6.42 Å². The number of rotatable bonds is 5. The lowest BCUT2D eigenvalue weighted by Gasteiger charge is -2.29. The number of nitrogens with zero attached hydrogens (tertiary/aromatic N) is 2. The molecule has 2 aliphatic rings. The van der Waals surface area contributed by atoms with Crippen molar-refractivity contribution in [3.63, 3.8) is 0 Å². The van der Waals surface area contributed by atoms with Gasteiger partial charge in [0.15, 0.2) is 0 Å². The van der Waals surface area contributed by atoms with Crippen molar-refractivity contribution in [2.45, 2.75) is 77.9 Å². The number of amides is 3. The first kappa shape index (κ1) is 25.4. The predicted molar refractivity (Wildman–Crippen MR) is 129 cm³/mol. The SMILES string of the molecule is [C-]#[N+][C@@H]1C[C@@]2(CN1C(=O)[C@@H](CC(=O)C(=O)NC(C)(C)C)CC(C)(C)C)C(=O)Nc1ccccc12. The van der Waals surface area contributed by atoms with Crippen molar-refractivity contribution in [1.82, 2.24) is 10.2 Å². The lowest BCUT2D eigenvalue weighted by molar-refractivity contribution is -0.143. The molecule has 3 atom stereocenters. The van der Waals surface area contributed by atoms with E-state index >= 15 is 0 Å². The molecule has 8 nitrogen and oxygen atoms in total. The van der Waals surface area contributed by atoms with Crippen LogP contribution in [0.2, 0.25) is 0 Å². The maximum atomic E-state index is 13.8. The molecule has 2 aliphatic heterocycles. The molecule has 1 spiro atoms. The molecule has 2 N–H and O–H groups in total. The van der Waals surface area contributed by atoms with Gasteiger partial charge >= 0.3 is 6.17 Å². The molecule has 182 valence electrons. The van der Waals surface area contributed by atoms with Crippen LogP contribution in [0.4, 0.5) is 5.69 Å². The fourth-order valence-corrected chi connectivity index (χ4v) is 4.90. The van der Waals surface area contributed by atoms with Crippen LogP contribution in [0.3, 0.4) is 0 Å². The highest BCUT2D eigenvalue weighted by Crippen LogP contribution is 2.47. The third-order valence-corrected chi connectivity index (χ3v) is 6.27. The molecule has 0 unspecified atom stereocenters. The average Bonchev–Trinajstić information content (AvgIpc) is 3.23. The van der Waals surface area contributed by atoms with E-state index in [0.29, 0.717) is 12.1 Å². The number of fused-ring (bicyclic) bond motifs is 2. The lowest BCUT2D eigenvalue weighted by Crippen LogP contribution is -2.46. The lowest BCUT2D eigenvalue weighted by atomic mass is 9.80. The van der Waals surface area contributed by atoms with E-state index in [-0.39, 0.29) is 36.6 Å². The fourth-order valence-electron chi connectivity index (χ4n) is 4.90. The number of hydrogen-bond donors (Lipinski definition) is 2. The van der Waals surface area contributed by atoms with Crippen molar-refractivity contribution < 1.29 is 19.2 Å². The molecule has 1 aromatic rings. The Hall–Kier alpha value is -3.21. The van der Waals surface area contributed by atoms with Crippen LogP contribution in [-0.2, 0) is 24.6 Å². The van der Waals surface area contributed by atoms with E-state index < -0.39 is 34.7 Å². The van der Waals surface area contributed by atoms with Crippen molar-refractivity contribution >= 4 is 29.2 Å². The number of Topliss-reactive ketones (excluding diaryl/α,β-unsaturated/α-hetero) is 1. The second-order valence-corrected chi connectivity index (χ2v) is 11.7. The van der Waals surface area contributed by atoms with Gasteiger partial charge in [-0.2, -0.15) is 0 Å². The number of likely N-dealkylation sites (tertiary alicyclic amines) is 1. The van der Waals surface area contributed by atoms with Crippen LogP contribution in [0.25, 0.3) is 4.85 Å². The summed E-state index contributed by atoms with van der Waals surface area (Å²) in [5.41, 5.74) is -0.358. The molecular formula is C26H34N4O4. The third kappa shape index (κ3) is 5.14. The van der Waals surface area contributed by atoms with Gasteiger partial charge in [-0.3, -0.25) is 28.9 Å². The third-order valence-electron chi connectivity index (χ3n) is 6.27. The van der Waals surface area contributed by atoms with E-state index in [9.17, 15) is 19.2 Å². The number of carbonyl (C=O) groups is 4. The van der Waals surface area contributed by atoms with Crippen molar-refractivity contribution in [2.24, 2.45) is 11.3 Å². The van der Waals surface area contributed by atoms with E-state index in [1.165, 1.54) is 4.90 Å². The molecule has 0 radical (unpaired) electrons. The number of anilines is 1. The van der Waals surface area contributed by atoms with Crippen molar-refractivity contribution in [3.05, 3.63) is 41.2 Å². The summed E-state index contributed by atoms with van der Waals surface area (Å²) in [6, 6.07) is 7.34. The van der Waals surface area contributed by atoms with Gasteiger partial charge in [-0.15, -0.1) is 0 Å². The minimum absolute atomic E-state index is 0.0742. The summed E-state index contributed by atoms with van der Waals surface area (Å²) in [5.74, 6) is -2.72. The summed E-state index contributed by atoms with van der Waals surface area (Å²) >= 11 is 0. The minimum atomic E-state index is -0.985. The van der Waals surface area contributed by atoms with E-state index in [2.05, 4.69) is 15.5 Å². The van der Waals surface area contributed by atoms with Crippen molar-refractivity contribution in [2.75, 3.05) is 11.9 Å². The minimum Gasteiger partial charge on any atom is -0.345 e. The van der Waals surface area contributed by atoms with Crippen LogP contribution in [0.1, 0.15) is 66.4 Å². The first-order valence-corrected chi connectivity index (χ1v) is 11.6. The Morgan fingerprint density at radius 3 is 2.44 bits per heavy atom. The highest BCUT2D eigenvalue weighted by Gasteiger charge is 2.59. The Kier molecular flexibility index (Phi) is 6.62. The Morgan fingerprint density at radius 2 is 1.85 bits per heavy atom. The van der Waals surface area contributed by atoms with E-state index in [0.717, 1.165) is 5.56 Å². The molecule has 1 saturated heterocycles. The first-order valence-electron chi connectivity index (χ1n) is 11.6. The highest BCUT2D eigenvalue weighted by atomic mass is 16.2. The summed E-state index contributed by atoms with van der Waals surface area (Å²) < 4.78 is 0. The second-order valence-electron chi connectivity index (χ2n) is 11.7. The van der Waals surface area contributed by atoms with Gasteiger partial charge in [0, 0.05) is 30.1 Å².